The van der Waals surface area contributed by atoms with Crippen LogP contribution in [0.1, 0.15) is 30.6 Å². The van der Waals surface area contributed by atoms with Gasteiger partial charge in [-0.15, -0.1) is 0 Å². The van der Waals surface area contributed by atoms with E-state index in [2.05, 4.69) is 5.32 Å². The molecule has 0 aliphatic rings. The zero-order valence-corrected chi connectivity index (χ0v) is 12.9. The molecule has 0 aromatic heterocycles. The number of alkyl halides is 3. The van der Waals surface area contributed by atoms with Gasteiger partial charge in [-0.2, -0.15) is 13.2 Å². The van der Waals surface area contributed by atoms with Crippen LogP contribution in [0.15, 0.2) is 24.3 Å². The molecule has 23 heavy (non-hydrogen) atoms. The lowest BCUT2D eigenvalue weighted by Gasteiger charge is -2.14. The van der Waals surface area contributed by atoms with Crippen LogP contribution in [0.3, 0.4) is 0 Å². The van der Waals surface area contributed by atoms with Crippen molar-refractivity contribution in [1.29, 1.82) is 0 Å². The second kappa shape index (κ2) is 7.96. The third-order valence-electron chi connectivity index (χ3n) is 2.93. The summed E-state index contributed by atoms with van der Waals surface area (Å²) < 4.78 is 36.1. The molecular weight excluding hydrogens is 311 g/mol. The first-order valence-electron chi connectivity index (χ1n) is 7.10. The minimum atomic E-state index is -4.46. The molecule has 0 radical (unpaired) electrons. The van der Waals surface area contributed by atoms with Crippen molar-refractivity contribution < 1.29 is 22.8 Å². The van der Waals surface area contributed by atoms with Gasteiger partial charge in [-0.1, -0.05) is 13.8 Å². The first-order chi connectivity index (χ1) is 10.6. The van der Waals surface area contributed by atoms with Gasteiger partial charge in [0, 0.05) is 11.3 Å². The van der Waals surface area contributed by atoms with Gasteiger partial charge >= 0.3 is 6.18 Å². The molecule has 5 nitrogen and oxygen atoms in total. The number of amides is 2. The van der Waals surface area contributed by atoms with E-state index < -0.39 is 24.7 Å². The fraction of sp³-hybridized carbons (Fsp3) is 0.467. The van der Waals surface area contributed by atoms with Crippen LogP contribution in [0, 0.1) is 5.92 Å². The smallest absolute Gasteiger partial charge is 0.343 e. The number of benzene rings is 1. The van der Waals surface area contributed by atoms with E-state index in [1.807, 2.05) is 13.8 Å². The average Bonchev–Trinajstić information content (AvgIpc) is 2.44. The maximum absolute atomic E-state index is 12.0. The van der Waals surface area contributed by atoms with Crippen molar-refractivity contribution in [2.75, 3.05) is 11.9 Å². The van der Waals surface area contributed by atoms with Crippen molar-refractivity contribution in [2.45, 2.75) is 32.5 Å². The largest absolute Gasteiger partial charge is 0.405 e. The molecule has 1 rings (SSSR count). The lowest BCUT2D eigenvalue weighted by molar-refractivity contribution is -0.123. The third kappa shape index (κ3) is 7.14. The number of anilines is 1. The van der Waals surface area contributed by atoms with Crippen LogP contribution in [0.4, 0.5) is 18.9 Å². The Hall–Kier alpha value is -2.09. The highest BCUT2D eigenvalue weighted by atomic mass is 19.4. The zero-order chi connectivity index (χ0) is 17.6. The standard InChI is InChI=1S/C15H20F3N3O2/c1-9(2)7-12(19)14(23)21-11-5-3-10(4-6-11)13(22)20-8-15(16,17)18/h3-6,9,12H,7-8,19H2,1-2H3,(H,20,22)(H,21,23)/t12-/m0/s1. The van der Waals surface area contributed by atoms with E-state index in [-0.39, 0.29) is 17.4 Å². The summed E-state index contributed by atoms with van der Waals surface area (Å²) in [6.45, 7) is 2.50. The molecule has 2 amide bonds. The molecule has 1 aromatic carbocycles. The van der Waals surface area contributed by atoms with Gasteiger partial charge in [-0.3, -0.25) is 9.59 Å². The van der Waals surface area contributed by atoms with Crippen LogP contribution in [0.25, 0.3) is 0 Å². The second-order valence-electron chi connectivity index (χ2n) is 5.60. The van der Waals surface area contributed by atoms with Gasteiger partial charge in [0.15, 0.2) is 0 Å². The molecule has 4 N–H and O–H groups in total. The highest BCUT2D eigenvalue weighted by molar-refractivity contribution is 5.97. The summed E-state index contributed by atoms with van der Waals surface area (Å²) in [7, 11) is 0. The predicted molar refractivity (Wildman–Crippen MR) is 80.9 cm³/mol. The molecule has 0 bridgehead atoms. The third-order valence-corrected chi connectivity index (χ3v) is 2.93. The molecule has 128 valence electrons. The van der Waals surface area contributed by atoms with E-state index in [1.165, 1.54) is 24.3 Å². The predicted octanol–water partition coefficient (Wildman–Crippen LogP) is 2.29. The monoisotopic (exact) mass is 331 g/mol. The van der Waals surface area contributed by atoms with Crippen LogP contribution in [-0.4, -0.2) is 30.6 Å². The summed E-state index contributed by atoms with van der Waals surface area (Å²) in [4.78, 5) is 23.4. The van der Waals surface area contributed by atoms with Crippen molar-refractivity contribution in [2.24, 2.45) is 11.7 Å². The molecule has 0 aliphatic heterocycles. The molecule has 1 aromatic rings. The highest BCUT2D eigenvalue weighted by Gasteiger charge is 2.27. The van der Waals surface area contributed by atoms with Crippen LogP contribution < -0.4 is 16.4 Å². The molecule has 0 saturated heterocycles. The Morgan fingerprint density at radius 2 is 1.74 bits per heavy atom. The van der Waals surface area contributed by atoms with Gasteiger partial charge in [0.05, 0.1) is 6.04 Å². The average molecular weight is 331 g/mol. The first kappa shape index (κ1) is 19.0. The number of hydrogen-bond donors (Lipinski definition) is 3. The van der Waals surface area contributed by atoms with Crippen LogP contribution in [0.5, 0.6) is 0 Å². The lowest BCUT2D eigenvalue weighted by atomic mass is 10.0. The molecule has 0 spiro atoms. The van der Waals surface area contributed by atoms with Crippen molar-refractivity contribution in [3.8, 4) is 0 Å². The molecule has 1 atom stereocenters. The highest BCUT2D eigenvalue weighted by Crippen LogP contribution is 2.14. The summed E-state index contributed by atoms with van der Waals surface area (Å²) in [5.74, 6) is -0.917. The minimum Gasteiger partial charge on any atom is -0.343 e. The Bertz CT molecular complexity index is 542. The van der Waals surface area contributed by atoms with Gasteiger partial charge in [0.2, 0.25) is 5.91 Å². The van der Waals surface area contributed by atoms with Crippen molar-refractivity contribution in [1.82, 2.24) is 5.32 Å². The van der Waals surface area contributed by atoms with E-state index in [4.69, 9.17) is 5.73 Å². The normalized spacial score (nSPS) is 12.8. The van der Waals surface area contributed by atoms with E-state index in [9.17, 15) is 22.8 Å². The maximum atomic E-state index is 12.0. The van der Waals surface area contributed by atoms with Gasteiger partial charge in [-0.25, -0.2) is 0 Å². The Labute approximate surface area is 132 Å². The van der Waals surface area contributed by atoms with Crippen LogP contribution in [-0.2, 0) is 4.79 Å². The number of carbonyl (C=O) groups excluding carboxylic acids is 2. The lowest BCUT2D eigenvalue weighted by Crippen LogP contribution is -2.36. The van der Waals surface area contributed by atoms with Gasteiger partial charge in [0.1, 0.15) is 6.54 Å². The van der Waals surface area contributed by atoms with Gasteiger partial charge in [0.25, 0.3) is 5.91 Å². The topological polar surface area (TPSA) is 84.2 Å². The van der Waals surface area contributed by atoms with E-state index >= 15 is 0 Å². The Morgan fingerprint density at radius 1 is 1.17 bits per heavy atom. The van der Waals surface area contributed by atoms with Gasteiger partial charge < -0.3 is 16.4 Å². The number of hydrogen-bond acceptors (Lipinski definition) is 3. The SMILES string of the molecule is CC(C)C[C@H](N)C(=O)Nc1ccc(C(=O)NCC(F)(F)F)cc1. The Balaban J connectivity index is 2.59. The number of carbonyl (C=O) groups is 2. The fourth-order valence-electron chi connectivity index (χ4n) is 1.84. The molecule has 8 heteroatoms. The first-order valence-corrected chi connectivity index (χ1v) is 7.10. The van der Waals surface area contributed by atoms with Crippen molar-refractivity contribution in [3.05, 3.63) is 29.8 Å². The van der Waals surface area contributed by atoms with Gasteiger partial charge in [-0.05, 0) is 36.6 Å². The maximum Gasteiger partial charge on any atom is 0.405 e. The Morgan fingerprint density at radius 3 is 2.22 bits per heavy atom. The van der Waals surface area contributed by atoms with E-state index in [1.54, 1.807) is 5.32 Å². The summed E-state index contributed by atoms with van der Waals surface area (Å²) in [6, 6.07) is 4.88. The minimum absolute atomic E-state index is 0.0683. The van der Waals surface area contributed by atoms with Crippen molar-refractivity contribution in [3.63, 3.8) is 0 Å². The Kier molecular flexibility index (Phi) is 6.56. The quantitative estimate of drug-likeness (QED) is 0.748. The zero-order valence-electron chi connectivity index (χ0n) is 12.9. The second-order valence-corrected chi connectivity index (χ2v) is 5.60. The summed E-state index contributed by atoms with van der Waals surface area (Å²) in [6.07, 6.45) is -3.93. The summed E-state index contributed by atoms with van der Waals surface area (Å²) in [5.41, 5.74) is 6.23. The van der Waals surface area contributed by atoms with E-state index in [0.717, 1.165) is 0 Å². The van der Waals surface area contributed by atoms with E-state index in [0.29, 0.717) is 12.1 Å². The van der Waals surface area contributed by atoms with Crippen molar-refractivity contribution >= 4 is 17.5 Å². The summed E-state index contributed by atoms with van der Waals surface area (Å²) >= 11 is 0. The molecule has 0 unspecified atom stereocenters. The number of nitrogens with one attached hydrogen (secondary N) is 2. The molecular formula is C15H20F3N3O2. The molecule has 0 heterocycles. The number of halogens is 3. The number of nitrogens with two attached hydrogens (primary N) is 1. The molecule has 0 fully saturated rings. The fourth-order valence-corrected chi connectivity index (χ4v) is 1.84. The van der Waals surface area contributed by atoms with Crippen LogP contribution in [0.2, 0.25) is 0 Å². The number of rotatable bonds is 6. The molecule has 0 saturated carbocycles. The summed E-state index contributed by atoms with van der Waals surface area (Å²) in [5, 5.41) is 4.36. The molecule has 0 aliphatic carbocycles. The van der Waals surface area contributed by atoms with Crippen LogP contribution >= 0.6 is 0 Å².